The van der Waals surface area contributed by atoms with E-state index in [0.29, 0.717) is 13.2 Å². The number of rotatable bonds is 6. The molecule has 1 aliphatic rings. The first kappa shape index (κ1) is 17.8. The number of anilines is 2. The van der Waals surface area contributed by atoms with Crippen molar-refractivity contribution in [2.24, 2.45) is 0 Å². The summed E-state index contributed by atoms with van der Waals surface area (Å²) in [6, 6.07) is 11.7. The zero-order valence-corrected chi connectivity index (χ0v) is 15.1. The van der Waals surface area contributed by atoms with Crippen LogP contribution in [0.5, 0.6) is 5.75 Å². The van der Waals surface area contributed by atoms with Gasteiger partial charge in [-0.3, -0.25) is 0 Å². The second kappa shape index (κ2) is 8.36. The first-order valence-corrected chi connectivity index (χ1v) is 8.86. The highest BCUT2D eigenvalue weighted by atomic mass is 35.5. The number of nitrogens with zero attached hydrogens (tertiary/aromatic N) is 4. The quantitative estimate of drug-likeness (QED) is 0.797. The van der Waals surface area contributed by atoms with Crippen LogP contribution in [0.2, 0.25) is 5.28 Å². The monoisotopic (exact) mass is 362 g/mol. The molecule has 2 heterocycles. The van der Waals surface area contributed by atoms with Crippen LogP contribution >= 0.6 is 11.6 Å². The molecule has 7 heteroatoms. The van der Waals surface area contributed by atoms with Gasteiger partial charge in [0.15, 0.2) is 0 Å². The molecule has 0 amide bonds. The molecule has 0 bridgehead atoms. The van der Waals surface area contributed by atoms with Crippen LogP contribution in [0.3, 0.4) is 0 Å². The van der Waals surface area contributed by atoms with Crippen molar-refractivity contribution in [2.75, 3.05) is 43.1 Å². The minimum atomic E-state index is -0.217. The van der Waals surface area contributed by atoms with E-state index in [1.165, 1.54) is 0 Å². The van der Waals surface area contributed by atoms with Crippen molar-refractivity contribution in [3.05, 3.63) is 41.7 Å². The Bertz CT molecular complexity index is 678. The zero-order valence-electron chi connectivity index (χ0n) is 14.3. The molecule has 1 saturated heterocycles. The minimum Gasteiger partial charge on any atom is -0.492 e. The van der Waals surface area contributed by atoms with E-state index in [0.717, 1.165) is 43.3 Å². The van der Waals surface area contributed by atoms with Crippen molar-refractivity contribution in [3.8, 4) is 5.75 Å². The van der Waals surface area contributed by atoms with Crippen LogP contribution in [0.1, 0.15) is 12.8 Å². The second-order valence-electron chi connectivity index (χ2n) is 6.15. The molecule has 3 rings (SSSR count). The van der Waals surface area contributed by atoms with Gasteiger partial charge in [-0.05, 0) is 36.6 Å². The van der Waals surface area contributed by atoms with E-state index < -0.39 is 0 Å². The average Bonchev–Trinajstić information content (AvgIpc) is 2.62. The minimum absolute atomic E-state index is 0.217. The second-order valence-corrected chi connectivity index (χ2v) is 6.49. The standard InChI is InChI=1S/C18H23ClN4O2/c1-22(11-12-25-15-5-3-2-4-6-15)16-13-17(21-18(19)20-16)23-9-7-14(24)8-10-23/h2-6,13-14,24H,7-12H2,1H3. The maximum atomic E-state index is 9.65. The van der Waals surface area contributed by atoms with Gasteiger partial charge in [-0.2, -0.15) is 0 Å². The van der Waals surface area contributed by atoms with E-state index in [9.17, 15) is 5.11 Å². The lowest BCUT2D eigenvalue weighted by Gasteiger charge is -2.31. The molecule has 1 fully saturated rings. The number of piperidine rings is 1. The van der Waals surface area contributed by atoms with Gasteiger partial charge in [-0.15, -0.1) is 0 Å². The van der Waals surface area contributed by atoms with Gasteiger partial charge < -0.3 is 19.6 Å². The van der Waals surface area contributed by atoms with Crippen molar-refractivity contribution in [1.29, 1.82) is 0 Å². The summed E-state index contributed by atoms with van der Waals surface area (Å²) in [4.78, 5) is 12.8. The average molecular weight is 363 g/mol. The molecule has 1 aliphatic heterocycles. The number of benzene rings is 1. The van der Waals surface area contributed by atoms with Gasteiger partial charge in [0.25, 0.3) is 0 Å². The molecule has 0 aliphatic carbocycles. The smallest absolute Gasteiger partial charge is 0.226 e. The molecule has 0 spiro atoms. The van der Waals surface area contributed by atoms with Crippen LogP contribution < -0.4 is 14.5 Å². The van der Waals surface area contributed by atoms with Crippen LogP contribution in [0.25, 0.3) is 0 Å². The van der Waals surface area contributed by atoms with Gasteiger partial charge in [0, 0.05) is 26.2 Å². The summed E-state index contributed by atoms with van der Waals surface area (Å²) < 4.78 is 5.73. The van der Waals surface area contributed by atoms with Crippen LogP contribution in [0.4, 0.5) is 11.6 Å². The molecule has 134 valence electrons. The predicted octanol–water partition coefficient (Wildman–Crippen LogP) is 2.61. The van der Waals surface area contributed by atoms with Crippen LogP contribution in [-0.2, 0) is 0 Å². The first-order chi connectivity index (χ1) is 12.1. The molecule has 2 aromatic rings. The summed E-state index contributed by atoms with van der Waals surface area (Å²) in [5.41, 5.74) is 0. The zero-order chi connectivity index (χ0) is 17.6. The van der Waals surface area contributed by atoms with Gasteiger partial charge in [-0.25, -0.2) is 9.97 Å². The fourth-order valence-electron chi connectivity index (χ4n) is 2.78. The molecule has 0 saturated carbocycles. The Labute approximate surface area is 153 Å². The number of para-hydroxylation sites is 1. The molecule has 0 atom stereocenters. The van der Waals surface area contributed by atoms with Crippen molar-refractivity contribution in [1.82, 2.24) is 9.97 Å². The van der Waals surface area contributed by atoms with Crippen LogP contribution in [0, 0.1) is 0 Å². The maximum Gasteiger partial charge on any atom is 0.226 e. The Morgan fingerprint density at radius 3 is 2.68 bits per heavy atom. The van der Waals surface area contributed by atoms with E-state index in [1.54, 1.807) is 0 Å². The SMILES string of the molecule is CN(CCOc1ccccc1)c1cc(N2CCC(O)CC2)nc(Cl)n1. The van der Waals surface area contributed by atoms with Crippen molar-refractivity contribution >= 4 is 23.2 Å². The third-order valence-electron chi connectivity index (χ3n) is 4.29. The van der Waals surface area contributed by atoms with Crippen LogP contribution in [0.15, 0.2) is 36.4 Å². The fraction of sp³-hybridized carbons (Fsp3) is 0.444. The molecule has 0 radical (unpaired) electrons. The van der Waals surface area contributed by atoms with Crippen molar-refractivity contribution in [2.45, 2.75) is 18.9 Å². The lowest BCUT2D eigenvalue weighted by Crippen LogP contribution is -2.36. The molecule has 0 unspecified atom stereocenters. The third-order valence-corrected chi connectivity index (χ3v) is 4.46. The Balaban J connectivity index is 1.61. The number of halogens is 1. The Hall–Kier alpha value is -2.05. The topological polar surface area (TPSA) is 61.7 Å². The molecule has 1 aromatic heterocycles. The highest BCUT2D eigenvalue weighted by Gasteiger charge is 2.19. The summed E-state index contributed by atoms with van der Waals surface area (Å²) in [5.74, 6) is 2.42. The van der Waals surface area contributed by atoms with Gasteiger partial charge in [0.2, 0.25) is 5.28 Å². The van der Waals surface area contributed by atoms with Gasteiger partial charge >= 0.3 is 0 Å². The normalized spacial score (nSPS) is 15.2. The van der Waals surface area contributed by atoms with E-state index >= 15 is 0 Å². The van der Waals surface area contributed by atoms with E-state index in [1.807, 2.05) is 48.3 Å². The number of hydrogen-bond acceptors (Lipinski definition) is 6. The largest absolute Gasteiger partial charge is 0.492 e. The third kappa shape index (κ3) is 4.96. The highest BCUT2D eigenvalue weighted by Crippen LogP contribution is 2.23. The number of hydrogen-bond donors (Lipinski definition) is 1. The van der Waals surface area contributed by atoms with E-state index in [-0.39, 0.29) is 11.4 Å². The number of aromatic nitrogens is 2. The Kier molecular flexibility index (Phi) is 5.94. The Morgan fingerprint density at radius 2 is 1.96 bits per heavy atom. The fourth-order valence-corrected chi connectivity index (χ4v) is 2.95. The van der Waals surface area contributed by atoms with Crippen molar-refractivity contribution in [3.63, 3.8) is 0 Å². The van der Waals surface area contributed by atoms with Crippen LogP contribution in [-0.4, -0.2) is 54.5 Å². The molecule has 25 heavy (non-hydrogen) atoms. The van der Waals surface area contributed by atoms with Crippen molar-refractivity contribution < 1.29 is 9.84 Å². The number of aliphatic hydroxyl groups excluding tert-OH is 1. The molecular formula is C18H23ClN4O2. The summed E-state index contributed by atoms with van der Waals surface area (Å²) in [6.07, 6.45) is 1.28. The molecule has 6 nitrogen and oxygen atoms in total. The number of likely N-dealkylation sites (N-methyl/N-ethyl adjacent to an activating group) is 1. The molecular weight excluding hydrogens is 340 g/mol. The number of aliphatic hydroxyl groups is 1. The predicted molar refractivity (Wildman–Crippen MR) is 99.7 cm³/mol. The van der Waals surface area contributed by atoms with Gasteiger partial charge in [0.1, 0.15) is 24.0 Å². The molecule has 1 N–H and O–H groups in total. The lowest BCUT2D eigenvalue weighted by molar-refractivity contribution is 0.145. The maximum absolute atomic E-state index is 9.65. The summed E-state index contributed by atoms with van der Waals surface area (Å²) in [6.45, 7) is 2.78. The lowest BCUT2D eigenvalue weighted by atomic mass is 10.1. The highest BCUT2D eigenvalue weighted by molar-refractivity contribution is 6.28. The summed E-state index contributed by atoms with van der Waals surface area (Å²) >= 11 is 6.12. The number of ether oxygens (including phenoxy) is 1. The first-order valence-electron chi connectivity index (χ1n) is 8.48. The van der Waals surface area contributed by atoms with E-state index in [4.69, 9.17) is 16.3 Å². The molecule has 1 aromatic carbocycles. The van der Waals surface area contributed by atoms with Gasteiger partial charge in [-0.1, -0.05) is 18.2 Å². The Morgan fingerprint density at radius 1 is 1.24 bits per heavy atom. The van der Waals surface area contributed by atoms with Gasteiger partial charge in [0.05, 0.1) is 12.6 Å². The summed E-state index contributed by atoms with van der Waals surface area (Å²) in [7, 11) is 1.96. The van der Waals surface area contributed by atoms with E-state index in [2.05, 4.69) is 14.9 Å². The summed E-state index contributed by atoms with van der Waals surface area (Å²) in [5, 5.41) is 9.89.